The van der Waals surface area contributed by atoms with Gasteiger partial charge in [-0.15, -0.1) is 0 Å². The predicted molar refractivity (Wildman–Crippen MR) is 132 cm³/mol. The molecule has 2 amide bonds. The maximum atomic E-state index is 12.4. The molecular weight excluding hydrogens is 495 g/mol. The summed E-state index contributed by atoms with van der Waals surface area (Å²) in [5, 5.41) is 7.48. The monoisotopic (exact) mass is 512 g/mol. The highest BCUT2D eigenvalue weighted by molar-refractivity contribution is 6.44. The second-order valence-corrected chi connectivity index (χ2v) is 8.13. The van der Waals surface area contributed by atoms with Crippen LogP contribution in [-0.2, 0) is 16.1 Å². The average Bonchev–Trinajstić information content (AvgIpc) is 2.83. The SMILES string of the molecule is C=C1NC(=O)N(c2cc(Cl)c(Oc3ccc(=O)n(Cc4ccccc4)c3)c(Cl)c2)N=C1C(=O)OC. The molecule has 35 heavy (non-hydrogen) atoms. The number of methoxy groups -OCH3 is 1. The first-order valence-corrected chi connectivity index (χ1v) is 10.9. The number of nitrogens with one attached hydrogen (secondary N) is 1. The van der Waals surface area contributed by atoms with Gasteiger partial charge in [-0.3, -0.25) is 4.79 Å². The van der Waals surface area contributed by atoms with E-state index in [1.807, 2.05) is 30.3 Å². The van der Waals surface area contributed by atoms with Gasteiger partial charge in [0.25, 0.3) is 5.56 Å². The molecule has 178 valence electrons. The number of halogens is 2. The summed E-state index contributed by atoms with van der Waals surface area (Å²) in [5.41, 5.74) is 0.737. The fourth-order valence-corrected chi connectivity index (χ4v) is 3.79. The van der Waals surface area contributed by atoms with E-state index in [1.54, 1.807) is 6.20 Å². The van der Waals surface area contributed by atoms with Crippen molar-refractivity contribution < 1.29 is 19.1 Å². The Labute approximate surface area is 209 Å². The van der Waals surface area contributed by atoms with Crippen LogP contribution in [0.2, 0.25) is 10.0 Å². The quantitative estimate of drug-likeness (QED) is 0.487. The maximum Gasteiger partial charge on any atom is 0.360 e. The van der Waals surface area contributed by atoms with Crippen molar-refractivity contribution in [1.82, 2.24) is 9.88 Å². The summed E-state index contributed by atoms with van der Waals surface area (Å²) in [4.78, 5) is 36.6. The number of anilines is 1. The summed E-state index contributed by atoms with van der Waals surface area (Å²) in [7, 11) is 1.18. The van der Waals surface area contributed by atoms with Gasteiger partial charge in [0, 0.05) is 6.07 Å². The Morgan fingerprint density at radius 2 is 1.77 bits per heavy atom. The zero-order chi connectivity index (χ0) is 25.1. The number of urea groups is 1. The predicted octanol–water partition coefficient (Wildman–Crippen LogP) is 4.57. The molecule has 0 saturated carbocycles. The summed E-state index contributed by atoms with van der Waals surface area (Å²) in [6.07, 6.45) is 1.55. The number of amides is 2. The number of esters is 1. The molecule has 2 heterocycles. The van der Waals surface area contributed by atoms with E-state index in [9.17, 15) is 14.4 Å². The molecule has 0 spiro atoms. The van der Waals surface area contributed by atoms with Crippen LogP contribution in [0.3, 0.4) is 0 Å². The van der Waals surface area contributed by atoms with Crippen molar-refractivity contribution >= 4 is 46.6 Å². The summed E-state index contributed by atoms with van der Waals surface area (Å²) in [6.45, 7) is 3.95. The number of ether oxygens (including phenoxy) is 2. The highest BCUT2D eigenvalue weighted by Crippen LogP contribution is 2.40. The smallest absolute Gasteiger partial charge is 0.360 e. The summed E-state index contributed by atoms with van der Waals surface area (Å²) >= 11 is 12.8. The lowest BCUT2D eigenvalue weighted by atomic mass is 10.2. The lowest BCUT2D eigenvalue weighted by molar-refractivity contribution is -0.132. The van der Waals surface area contributed by atoms with Gasteiger partial charge >= 0.3 is 12.0 Å². The molecule has 4 rings (SSSR count). The van der Waals surface area contributed by atoms with Crippen LogP contribution in [0.1, 0.15) is 5.56 Å². The van der Waals surface area contributed by atoms with Crippen LogP contribution in [0.25, 0.3) is 0 Å². The Balaban J connectivity index is 1.63. The molecule has 1 N–H and O–H groups in total. The van der Waals surface area contributed by atoms with Crippen molar-refractivity contribution in [1.29, 1.82) is 0 Å². The first-order chi connectivity index (χ1) is 16.8. The van der Waals surface area contributed by atoms with Gasteiger partial charge in [0.15, 0.2) is 11.5 Å². The summed E-state index contributed by atoms with van der Waals surface area (Å²) in [6, 6.07) is 14.5. The Hall–Kier alpha value is -4.08. The van der Waals surface area contributed by atoms with E-state index in [0.29, 0.717) is 12.3 Å². The van der Waals surface area contributed by atoms with Gasteiger partial charge in [-0.25, -0.2) is 9.59 Å². The van der Waals surface area contributed by atoms with Crippen molar-refractivity contribution in [2.45, 2.75) is 6.54 Å². The number of nitrogens with zero attached hydrogens (tertiary/aromatic N) is 3. The number of rotatable bonds is 6. The average molecular weight is 513 g/mol. The third-order valence-corrected chi connectivity index (χ3v) is 5.48. The molecule has 1 aliphatic heterocycles. The number of hydrogen-bond donors (Lipinski definition) is 1. The van der Waals surface area contributed by atoms with Crippen molar-refractivity contribution in [2.24, 2.45) is 5.10 Å². The normalized spacial score (nSPS) is 13.2. The molecule has 1 aliphatic rings. The minimum atomic E-state index is -0.775. The van der Waals surface area contributed by atoms with E-state index >= 15 is 0 Å². The lowest BCUT2D eigenvalue weighted by Gasteiger charge is -2.25. The molecule has 9 nitrogen and oxygen atoms in total. The second kappa shape index (κ2) is 10.0. The van der Waals surface area contributed by atoms with Crippen LogP contribution in [0, 0.1) is 0 Å². The third kappa shape index (κ3) is 5.21. The van der Waals surface area contributed by atoms with Crippen LogP contribution in [0.5, 0.6) is 11.5 Å². The standard InChI is InChI=1S/C24H18Cl2N4O5/c1-14-21(23(32)34-2)28-30(24(33)27-14)16-10-18(25)22(19(26)11-16)35-17-8-9-20(31)29(13-17)12-15-6-4-3-5-7-15/h3-11,13H,1,12H2,2H3,(H,27,33). The molecule has 0 saturated heterocycles. The third-order valence-electron chi connectivity index (χ3n) is 4.91. The molecule has 3 aromatic rings. The van der Waals surface area contributed by atoms with Gasteiger partial charge < -0.3 is 19.4 Å². The first kappa shape index (κ1) is 24.1. The highest BCUT2D eigenvalue weighted by atomic mass is 35.5. The van der Waals surface area contributed by atoms with E-state index in [1.165, 1.54) is 35.9 Å². The molecular formula is C24H18Cl2N4O5. The van der Waals surface area contributed by atoms with E-state index in [2.05, 4.69) is 21.7 Å². The lowest BCUT2D eigenvalue weighted by Crippen LogP contribution is -2.45. The number of pyridine rings is 1. The van der Waals surface area contributed by atoms with E-state index < -0.39 is 12.0 Å². The van der Waals surface area contributed by atoms with Gasteiger partial charge in [0.05, 0.1) is 41.3 Å². The Kier molecular flexibility index (Phi) is 6.90. The van der Waals surface area contributed by atoms with Gasteiger partial charge in [-0.1, -0.05) is 60.1 Å². The largest absolute Gasteiger partial charge is 0.464 e. The minimum absolute atomic E-state index is 0.000810. The molecule has 0 fully saturated rings. The van der Waals surface area contributed by atoms with E-state index in [4.69, 9.17) is 27.9 Å². The molecule has 2 aromatic carbocycles. The highest BCUT2D eigenvalue weighted by Gasteiger charge is 2.29. The molecule has 0 bridgehead atoms. The molecule has 0 radical (unpaired) electrons. The topological polar surface area (TPSA) is 102 Å². The summed E-state index contributed by atoms with van der Waals surface area (Å²) < 4.78 is 12.0. The van der Waals surface area contributed by atoms with Gasteiger partial charge in [0.1, 0.15) is 5.75 Å². The number of hydrogen-bond acceptors (Lipinski definition) is 6. The van der Waals surface area contributed by atoms with Crippen LogP contribution in [0.15, 0.2) is 83.0 Å². The van der Waals surface area contributed by atoms with Crippen LogP contribution in [0.4, 0.5) is 10.5 Å². The molecule has 1 aromatic heterocycles. The van der Waals surface area contributed by atoms with Gasteiger partial charge in [-0.2, -0.15) is 10.1 Å². The zero-order valence-electron chi connectivity index (χ0n) is 18.3. The number of hydrazone groups is 1. The fraction of sp³-hybridized carbons (Fsp3) is 0.0833. The van der Waals surface area contributed by atoms with E-state index in [0.717, 1.165) is 10.6 Å². The Bertz CT molecular complexity index is 1400. The second-order valence-electron chi connectivity index (χ2n) is 7.32. The number of aromatic nitrogens is 1. The first-order valence-electron chi connectivity index (χ1n) is 10.2. The Morgan fingerprint density at radius 3 is 2.43 bits per heavy atom. The van der Waals surface area contributed by atoms with Crippen molar-refractivity contribution in [2.75, 3.05) is 12.1 Å². The molecule has 11 heteroatoms. The van der Waals surface area contributed by atoms with Crippen molar-refractivity contribution in [3.8, 4) is 11.5 Å². The van der Waals surface area contributed by atoms with Crippen molar-refractivity contribution in [3.63, 3.8) is 0 Å². The van der Waals surface area contributed by atoms with Crippen LogP contribution in [-0.4, -0.2) is 29.4 Å². The minimum Gasteiger partial charge on any atom is -0.464 e. The maximum absolute atomic E-state index is 12.4. The summed E-state index contributed by atoms with van der Waals surface area (Å²) in [5.74, 6) is -0.334. The van der Waals surface area contributed by atoms with Gasteiger partial charge in [-0.05, 0) is 23.8 Å². The number of carbonyl (C=O) groups is 2. The number of benzene rings is 2. The van der Waals surface area contributed by atoms with Crippen LogP contribution >= 0.6 is 23.2 Å². The number of carbonyl (C=O) groups excluding carboxylic acids is 2. The van der Waals surface area contributed by atoms with E-state index in [-0.39, 0.29) is 38.5 Å². The molecule has 0 unspecified atom stereocenters. The van der Waals surface area contributed by atoms with Gasteiger partial charge in [0.2, 0.25) is 0 Å². The van der Waals surface area contributed by atoms with Crippen molar-refractivity contribution in [3.05, 3.63) is 99.0 Å². The van der Waals surface area contributed by atoms with Crippen LogP contribution < -0.4 is 20.6 Å². The zero-order valence-corrected chi connectivity index (χ0v) is 19.8. The molecule has 0 atom stereocenters. The fourth-order valence-electron chi connectivity index (χ4n) is 3.24. The molecule has 0 aliphatic carbocycles. The Morgan fingerprint density at radius 1 is 1.09 bits per heavy atom.